The molecule has 1 unspecified atom stereocenters. The highest BCUT2D eigenvalue weighted by Gasteiger charge is 2.19. The van der Waals surface area contributed by atoms with Crippen molar-refractivity contribution < 1.29 is 4.79 Å². The van der Waals surface area contributed by atoms with Gasteiger partial charge in [0, 0.05) is 13.1 Å². The maximum Gasteiger partial charge on any atom is 0.236 e. The lowest BCUT2D eigenvalue weighted by molar-refractivity contribution is -0.130. The molecule has 0 aromatic rings. The van der Waals surface area contributed by atoms with Gasteiger partial charge in [0.1, 0.15) is 0 Å². The number of carbonyl (C=O) groups excluding carboxylic acids is 1. The third-order valence-corrected chi connectivity index (χ3v) is 3.40. The van der Waals surface area contributed by atoms with E-state index in [1.165, 1.54) is 19.3 Å². The molecule has 0 aromatic heterocycles. The van der Waals surface area contributed by atoms with E-state index >= 15 is 0 Å². The fourth-order valence-corrected chi connectivity index (χ4v) is 2.47. The summed E-state index contributed by atoms with van der Waals surface area (Å²) in [5, 5.41) is 2.96. The molecule has 96 valence electrons. The minimum Gasteiger partial charge on any atom is -0.342 e. The average molecular weight is 236 g/mol. The number of hydrogen-bond acceptors (Lipinski definition) is 2. The lowest BCUT2D eigenvalue weighted by atomic mass is 9.96. The maximum atomic E-state index is 11.9. The molecule has 1 atom stereocenters. The molecule has 0 aromatic carbocycles. The topological polar surface area (TPSA) is 32.3 Å². The number of nitrogens with zero attached hydrogens (tertiary/aromatic N) is 1. The van der Waals surface area contributed by atoms with Gasteiger partial charge in [0.15, 0.2) is 0 Å². The normalized spacial score (nSPS) is 20.7. The lowest BCUT2D eigenvalue weighted by Gasteiger charge is -2.20. The van der Waals surface area contributed by atoms with Crippen molar-refractivity contribution >= 4 is 5.91 Å². The summed E-state index contributed by atoms with van der Waals surface area (Å²) in [6, 6.07) is 0. The predicted molar refractivity (Wildman–Crippen MR) is 70.5 cm³/mol. The zero-order chi connectivity index (χ0) is 12.5. The predicted octanol–water partition coefficient (Wildman–Crippen LogP) is 1.64. The summed E-state index contributed by atoms with van der Waals surface area (Å²) in [4.78, 5) is 13.9. The van der Waals surface area contributed by atoms with Crippen molar-refractivity contribution in [2.75, 3.05) is 26.2 Å². The van der Waals surface area contributed by atoms with Gasteiger partial charge >= 0.3 is 0 Å². The van der Waals surface area contributed by atoms with E-state index in [0.29, 0.717) is 13.1 Å². The highest BCUT2D eigenvalue weighted by atomic mass is 16.2. The van der Waals surface area contributed by atoms with Crippen molar-refractivity contribution in [2.24, 2.45) is 5.92 Å². The fraction of sp³-hybridized carbons (Fsp3) is 0.786. The molecule has 1 saturated heterocycles. The number of terminal acetylenes is 1. The molecule has 1 rings (SSSR count). The molecule has 3 heteroatoms. The Morgan fingerprint density at radius 1 is 1.47 bits per heavy atom. The molecule has 0 saturated carbocycles. The molecule has 3 nitrogen and oxygen atoms in total. The van der Waals surface area contributed by atoms with Gasteiger partial charge in [-0.2, -0.15) is 0 Å². The Hall–Kier alpha value is -1.01. The SMILES string of the molecule is C#CCNCC(=O)N1CCCC(CCC)CC1. The number of nitrogens with one attached hydrogen (secondary N) is 1. The first kappa shape index (κ1) is 14.1. The number of likely N-dealkylation sites (tertiary alicyclic amines) is 1. The van der Waals surface area contributed by atoms with E-state index in [2.05, 4.69) is 18.2 Å². The van der Waals surface area contributed by atoms with Crippen LogP contribution in [0.25, 0.3) is 0 Å². The van der Waals surface area contributed by atoms with Gasteiger partial charge in [-0.05, 0) is 25.2 Å². The Bertz CT molecular complexity index is 270. The third kappa shape index (κ3) is 5.23. The second-order valence-electron chi connectivity index (χ2n) is 4.77. The summed E-state index contributed by atoms with van der Waals surface area (Å²) < 4.78 is 0. The van der Waals surface area contributed by atoms with E-state index in [9.17, 15) is 4.79 Å². The zero-order valence-corrected chi connectivity index (χ0v) is 10.9. The smallest absolute Gasteiger partial charge is 0.236 e. The van der Waals surface area contributed by atoms with Crippen LogP contribution in [0.5, 0.6) is 0 Å². The molecule has 1 aliphatic heterocycles. The summed E-state index contributed by atoms with van der Waals surface area (Å²) in [6.07, 6.45) is 11.3. The maximum absolute atomic E-state index is 11.9. The van der Waals surface area contributed by atoms with Gasteiger partial charge in [-0.3, -0.25) is 10.1 Å². The van der Waals surface area contributed by atoms with E-state index < -0.39 is 0 Å². The summed E-state index contributed by atoms with van der Waals surface area (Å²) in [7, 11) is 0. The van der Waals surface area contributed by atoms with Gasteiger partial charge in [-0.25, -0.2) is 0 Å². The average Bonchev–Trinajstić information content (AvgIpc) is 2.55. The van der Waals surface area contributed by atoms with E-state index in [1.807, 2.05) is 4.90 Å². The minimum absolute atomic E-state index is 0.192. The Kier molecular flexibility index (Phi) is 6.73. The minimum atomic E-state index is 0.192. The first-order valence-corrected chi connectivity index (χ1v) is 6.69. The Balaban J connectivity index is 2.30. The third-order valence-electron chi connectivity index (χ3n) is 3.40. The fourth-order valence-electron chi connectivity index (χ4n) is 2.47. The molecule has 1 heterocycles. The van der Waals surface area contributed by atoms with Crippen LogP contribution in [0.2, 0.25) is 0 Å². The largest absolute Gasteiger partial charge is 0.342 e. The van der Waals surface area contributed by atoms with E-state index in [1.54, 1.807) is 0 Å². The van der Waals surface area contributed by atoms with Crippen LogP contribution in [-0.2, 0) is 4.79 Å². The first-order chi connectivity index (χ1) is 8.27. The molecule has 17 heavy (non-hydrogen) atoms. The highest BCUT2D eigenvalue weighted by Crippen LogP contribution is 2.21. The van der Waals surface area contributed by atoms with Gasteiger partial charge in [0.25, 0.3) is 0 Å². The van der Waals surface area contributed by atoms with Crippen molar-refractivity contribution in [3.63, 3.8) is 0 Å². The number of hydrogen-bond donors (Lipinski definition) is 1. The second kappa shape index (κ2) is 8.14. The van der Waals surface area contributed by atoms with Crippen molar-refractivity contribution in [3.8, 4) is 12.3 Å². The van der Waals surface area contributed by atoms with Gasteiger partial charge in [0.05, 0.1) is 13.1 Å². The lowest BCUT2D eigenvalue weighted by Crippen LogP contribution is -2.38. The monoisotopic (exact) mass is 236 g/mol. The molecule has 1 amide bonds. The molecule has 1 fully saturated rings. The quantitative estimate of drug-likeness (QED) is 0.581. The Morgan fingerprint density at radius 3 is 3.00 bits per heavy atom. The van der Waals surface area contributed by atoms with Crippen LogP contribution in [0, 0.1) is 18.3 Å². The summed E-state index contributed by atoms with van der Waals surface area (Å²) in [5.74, 6) is 3.49. The molecule has 1 aliphatic rings. The Morgan fingerprint density at radius 2 is 2.29 bits per heavy atom. The van der Waals surface area contributed by atoms with E-state index in [4.69, 9.17) is 6.42 Å². The van der Waals surface area contributed by atoms with Gasteiger partial charge in [0.2, 0.25) is 5.91 Å². The van der Waals surface area contributed by atoms with Gasteiger partial charge in [-0.15, -0.1) is 6.42 Å². The van der Waals surface area contributed by atoms with Crippen LogP contribution >= 0.6 is 0 Å². The van der Waals surface area contributed by atoms with Crippen LogP contribution < -0.4 is 5.32 Å². The van der Waals surface area contributed by atoms with E-state index in [0.717, 1.165) is 31.8 Å². The zero-order valence-electron chi connectivity index (χ0n) is 10.9. The van der Waals surface area contributed by atoms with Crippen LogP contribution in [0.3, 0.4) is 0 Å². The molecule has 0 spiro atoms. The van der Waals surface area contributed by atoms with Crippen molar-refractivity contribution in [2.45, 2.75) is 39.0 Å². The van der Waals surface area contributed by atoms with E-state index in [-0.39, 0.29) is 5.91 Å². The van der Waals surface area contributed by atoms with Crippen molar-refractivity contribution in [1.82, 2.24) is 10.2 Å². The molecule has 0 radical (unpaired) electrons. The van der Waals surface area contributed by atoms with Crippen LogP contribution in [0.1, 0.15) is 39.0 Å². The molecule has 0 aliphatic carbocycles. The first-order valence-electron chi connectivity index (χ1n) is 6.69. The summed E-state index contributed by atoms with van der Waals surface area (Å²) >= 11 is 0. The van der Waals surface area contributed by atoms with Crippen LogP contribution in [0.15, 0.2) is 0 Å². The van der Waals surface area contributed by atoms with Crippen molar-refractivity contribution in [1.29, 1.82) is 0 Å². The second-order valence-corrected chi connectivity index (χ2v) is 4.77. The van der Waals surface area contributed by atoms with Crippen molar-refractivity contribution in [3.05, 3.63) is 0 Å². The molecular formula is C14H24N2O. The highest BCUT2D eigenvalue weighted by molar-refractivity contribution is 5.78. The molecule has 1 N–H and O–H groups in total. The number of carbonyl (C=O) groups is 1. The number of rotatable bonds is 5. The van der Waals surface area contributed by atoms with Gasteiger partial charge < -0.3 is 4.90 Å². The molecule has 0 bridgehead atoms. The van der Waals surface area contributed by atoms with Crippen LogP contribution in [0.4, 0.5) is 0 Å². The van der Waals surface area contributed by atoms with Crippen LogP contribution in [-0.4, -0.2) is 37.0 Å². The molecular weight excluding hydrogens is 212 g/mol. The van der Waals surface area contributed by atoms with Gasteiger partial charge in [-0.1, -0.05) is 25.7 Å². The summed E-state index contributed by atoms with van der Waals surface area (Å²) in [6.45, 7) is 4.91. The Labute approximate surface area is 105 Å². The number of amides is 1. The summed E-state index contributed by atoms with van der Waals surface area (Å²) in [5.41, 5.74) is 0. The standard InChI is InChI=1S/C14H24N2O/c1-3-6-13-7-5-10-16(11-8-13)14(17)12-15-9-4-2/h2,13,15H,3,5-12H2,1H3.